The van der Waals surface area contributed by atoms with E-state index in [0.717, 1.165) is 5.56 Å². The van der Waals surface area contributed by atoms with Gasteiger partial charge >= 0.3 is 6.09 Å². The predicted octanol–water partition coefficient (Wildman–Crippen LogP) is 4.91. The zero-order chi connectivity index (χ0) is 26.3. The van der Waals surface area contributed by atoms with Crippen molar-refractivity contribution in [3.05, 3.63) is 81.4 Å². The molecular weight excluding hydrogens is 460 g/mol. The number of nitro benzene ring substituents is 1. The Hall–Kier alpha value is -4.19. The van der Waals surface area contributed by atoms with Crippen molar-refractivity contribution in [2.75, 3.05) is 13.1 Å². The molecule has 0 saturated carbocycles. The van der Waals surface area contributed by atoms with Gasteiger partial charge in [-0.05, 0) is 57.4 Å². The molecule has 0 atom stereocenters. The van der Waals surface area contributed by atoms with Crippen molar-refractivity contribution < 1.29 is 19.2 Å². The summed E-state index contributed by atoms with van der Waals surface area (Å²) in [5, 5.41) is 20.5. The molecule has 188 valence electrons. The Morgan fingerprint density at radius 3 is 2.39 bits per heavy atom. The van der Waals surface area contributed by atoms with Crippen molar-refractivity contribution >= 4 is 23.8 Å². The lowest BCUT2D eigenvalue weighted by atomic mass is 10.0. The molecule has 9 nitrogen and oxygen atoms in total. The maximum Gasteiger partial charge on any atom is 0.410 e. The Morgan fingerprint density at radius 1 is 1.17 bits per heavy atom. The first-order valence-corrected chi connectivity index (χ1v) is 11.8. The Balaban J connectivity index is 1.80. The van der Waals surface area contributed by atoms with Gasteiger partial charge < -0.3 is 14.5 Å². The number of nitrogens with zero attached hydrogens (tertiary/aromatic N) is 4. The van der Waals surface area contributed by atoms with Crippen LogP contribution in [-0.2, 0) is 16.1 Å². The van der Waals surface area contributed by atoms with Crippen LogP contribution in [0.2, 0.25) is 0 Å². The summed E-state index contributed by atoms with van der Waals surface area (Å²) in [4.78, 5) is 40.2. The number of para-hydroxylation sites is 1. The summed E-state index contributed by atoms with van der Waals surface area (Å²) < 4.78 is 5.46. The number of hydrogen-bond donors (Lipinski definition) is 0. The molecule has 0 unspecified atom stereocenters. The van der Waals surface area contributed by atoms with E-state index in [4.69, 9.17) is 10.00 Å². The fraction of sp³-hybridized carbons (Fsp3) is 0.370. The molecule has 1 aliphatic rings. The number of piperidine rings is 1. The van der Waals surface area contributed by atoms with E-state index in [9.17, 15) is 19.7 Å². The van der Waals surface area contributed by atoms with Crippen LogP contribution in [0.4, 0.5) is 10.5 Å². The van der Waals surface area contributed by atoms with Crippen molar-refractivity contribution in [2.45, 2.75) is 51.8 Å². The van der Waals surface area contributed by atoms with Crippen LogP contribution in [0.5, 0.6) is 0 Å². The fourth-order valence-corrected chi connectivity index (χ4v) is 4.01. The van der Waals surface area contributed by atoms with Crippen LogP contribution in [0.3, 0.4) is 0 Å². The first-order valence-electron chi connectivity index (χ1n) is 11.8. The van der Waals surface area contributed by atoms with Crippen molar-refractivity contribution in [3.63, 3.8) is 0 Å². The van der Waals surface area contributed by atoms with Gasteiger partial charge in [0, 0.05) is 36.8 Å². The molecule has 0 aromatic heterocycles. The molecule has 0 spiro atoms. The van der Waals surface area contributed by atoms with Gasteiger partial charge in [-0.1, -0.05) is 30.3 Å². The fourth-order valence-electron chi connectivity index (χ4n) is 4.01. The van der Waals surface area contributed by atoms with Crippen molar-refractivity contribution in [1.82, 2.24) is 9.80 Å². The van der Waals surface area contributed by atoms with E-state index in [0.29, 0.717) is 37.1 Å². The zero-order valence-electron chi connectivity index (χ0n) is 20.7. The van der Waals surface area contributed by atoms with Crippen LogP contribution in [-0.4, -0.2) is 51.5 Å². The highest BCUT2D eigenvalue weighted by Crippen LogP contribution is 2.25. The minimum Gasteiger partial charge on any atom is -0.444 e. The lowest BCUT2D eigenvalue weighted by molar-refractivity contribution is -0.385. The molecule has 0 N–H and O–H groups in total. The molecule has 2 amide bonds. The zero-order valence-corrected chi connectivity index (χ0v) is 20.7. The first kappa shape index (κ1) is 26.4. The summed E-state index contributed by atoms with van der Waals surface area (Å²) in [6.45, 7) is 6.34. The molecule has 3 rings (SSSR count). The molecule has 0 bridgehead atoms. The lowest BCUT2D eigenvalue weighted by Crippen LogP contribution is -2.49. The number of likely N-dealkylation sites (tertiary alicyclic amines) is 1. The second-order valence-electron chi connectivity index (χ2n) is 9.62. The third-order valence-corrected chi connectivity index (χ3v) is 5.83. The molecular formula is C27H30N4O5. The van der Waals surface area contributed by atoms with Gasteiger partial charge in [0.2, 0.25) is 5.91 Å². The smallest absolute Gasteiger partial charge is 0.410 e. The van der Waals surface area contributed by atoms with Gasteiger partial charge in [-0.25, -0.2) is 4.79 Å². The summed E-state index contributed by atoms with van der Waals surface area (Å²) in [7, 11) is 0. The Labute approximate surface area is 210 Å². The van der Waals surface area contributed by atoms with Crippen LogP contribution in [0, 0.1) is 21.4 Å². The van der Waals surface area contributed by atoms with E-state index in [-0.39, 0.29) is 24.2 Å². The largest absolute Gasteiger partial charge is 0.444 e. The Bertz CT molecular complexity index is 1170. The average molecular weight is 491 g/mol. The first-order chi connectivity index (χ1) is 17.1. The molecule has 1 aliphatic heterocycles. The minimum atomic E-state index is -0.599. The summed E-state index contributed by atoms with van der Waals surface area (Å²) in [6, 6.07) is 15.1. The van der Waals surface area contributed by atoms with Crippen LogP contribution in [0.1, 0.15) is 50.3 Å². The number of nitro groups is 1. The van der Waals surface area contributed by atoms with Gasteiger partial charge in [-0.15, -0.1) is 0 Å². The van der Waals surface area contributed by atoms with E-state index in [1.54, 1.807) is 58.3 Å². The summed E-state index contributed by atoms with van der Waals surface area (Å²) >= 11 is 0. The number of hydrogen-bond acceptors (Lipinski definition) is 6. The number of amides is 2. The maximum absolute atomic E-state index is 13.3. The normalized spacial score (nSPS) is 14.3. The molecule has 0 radical (unpaired) electrons. The lowest BCUT2D eigenvalue weighted by Gasteiger charge is -2.38. The predicted molar refractivity (Wildman–Crippen MR) is 135 cm³/mol. The van der Waals surface area contributed by atoms with E-state index < -0.39 is 16.6 Å². The third-order valence-electron chi connectivity index (χ3n) is 5.83. The standard InChI is InChI=1S/C27H30N4O5/c1-27(2,3)36-26(33)29-16-14-23(15-17-29)30(19-22-6-4-5-7-24(22)31(34)35)25(32)13-12-20-8-10-21(18-28)11-9-20/h4-13,23H,14-17,19H2,1-3H3/b13-12+. The van der Waals surface area contributed by atoms with Crippen molar-refractivity contribution in [1.29, 1.82) is 5.26 Å². The van der Waals surface area contributed by atoms with Crippen LogP contribution in [0.15, 0.2) is 54.6 Å². The van der Waals surface area contributed by atoms with Gasteiger partial charge in [0.1, 0.15) is 5.60 Å². The Kier molecular flexibility index (Phi) is 8.43. The van der Waals surface area contributed by atoms with Crippen molar-refractivity contribution in [3.8, 4) is 6.07 Å². The number of rotatable bonds is 6. The molecule has 1 heterocycles. The van der Waals surface area contributed by atoms with E-state index in [1.165, 1.54) is 12.1 Å². The second kappa shape index (κ2) is 11.5. The maximum atomic E-state index is 13.3. The van der Waals surface area contributed by atoms with Crippen LogP contribution in [0.25, 0.3) is 6.08 Å². The number of ether oxygens (including phenoxy) is 1. The van der Waals surface area contributed by atoms with E-state index in [2.05, 4.69) is 6.07 Å². The highest BCUT2D eigenvalue weighted by Gasteiger charge is 2.32. The SMILES string of the molecule is CC(C)(C)OC(=O)N1CCC(N(Cc2ccccc2[N+](=O)[O-])C(=O)/C=C/c2ccc(C#N)cc2)CC1. The topological polar surface area (TPSA) is 117 Å². The number of nitriles is 1. The quantitative estimate of drug-likeness (QED) is 0.323. The Morgan fingerprint density at radius 2 is 1.81 bits per heavy atom. The van der Waals surface area contributed by atoms with Gasteiger partial charge in [0.05, 0.1) is 23.1 Å². The molecule has 0 aliphatic carbocycles. The van der Waals surface area contributed by atoms with E-state index in [1.807, 2.05) is 20.8 Å². The molecule has 36 heavy (non-hydrogen) atoms. The average Bonchev–Trinajstić information content (AvgIpc) is 2.85. The number of carbonyl (C=O) groups excluding carboxylic acids is 2. The molecule has 1 fully saturated rings. The molecule has 9 heteroatoms. The minimum absolute atomic E-state index is 0.0439. The second-order valence-corrected chi connectivity index (χ2v) is 9.62. The summed E-state index contributed by atoms with van der Waals surface area (Å²) in [5.41, 5.74) is 1.08. The monoisotopic (exact) mass is 490 g/mol. The van der Waals surface area contributed by atoms with Gasteiger partial charge in [0.15, 0.2) is 0 Å². The molecule has 1 saturated heterocycles. The van der Waals surface area contributed by atoms with E-state index >= 15 is 0 Å². The van der Waals surface area contributed by atoms with Gasteiger partial charge in [0.25, 0.3) is 5.69 Å². The van der Waals surface area contributed by atoms with Crippen LogP contribution < -0.4 is 0 Å². The summed E-state index contributed by atoms with van der Waals surface area (Å²) in [6.07, 6.45) is 3.76. The third kappa shape index (κ3) is 7.15. The number of carbonyl (C=O) groups is 2. The molecule has 2 aromatic carbocycles. The summed E-state index contributed by atoms with van der Waals surface area (Å²) in [5.74, 6) is -0.284. The highest BCUT2D eigenvalue weighted by atomic mass is 16.6. The van der Waals surface area contributed by atoms with Gasteiger partial charge in [-0.3, -0.25) is 14.9 Å². The highest BCUT2D eigenvalue weighted by molar-refractivity contribution is 5.92. The van der Waals surface area contributed by atoms with Gasteiger partial charge in [-0.2, -0.15) is 5.26 Å². The number of benzene rings is 2. The van der Waals surface area contributed by atoms with Crippen LogP contribution >= 0.6 is 0 Å². The molecule has 2 aromatic rings. The van der Waals surface area contributed by atoms with Crippen molar-refractivity contribution in [2.24, 2.45) is 0 Å².